The van der Waals surface area contributed by atoms with Gasteiger partial charge in [0, 0.05) is 43.8 Å². The number of benzene rings is 8. The van der Waals surface area contributed by atoms with Gasteiger partial charge in [-0.05, 0) is 142 Å². The first kappa shape index (κ1) is 40.2. The van der Waals surface area contributed by atoms with Crippen LogP contribution in [0.1, 0.15) is 105 Å². The van der Waals surface area contributed by atoms with Crippen molar-refractivity contribution in [2.75, 3.05) is 0 Å². The molecule has 0 bridgehead atoms. The predicted octanol–water partition coefficient (Wildman–Crippen LogP) is 15.5. The van der Waals surface area contributed by atoms with Gasteiger partial charge >= 0.3 is 6.85 Å². The Labute approximate surface area is 385 Å². The van der Waals surface area contributed by atoms with Gasteiger partial charge in [0.15, 0.2) is 0 Å². The largest absolute Gasteiger partial charge is 0.375 e. The molecule has 2 nitrogen and oxygen atoms in total. The molecule has 320 valence electrons. The Balaban J connectivity index is 1.32. The molecule has 0 radical (unpaired) electrons. The number of hydrogen-bond donors (Lipinski definition) is 0. The van der Waals surface area contributed by atoms with Gasteiger partial charge < -0.3 is 9.05 Å². The summed E-state index contributed by atoms with van der Waals surface area (Å²) in [5.74, 6) is 0. The van der Waals surface area contributed by atoms with Crippen molar-refractivity contribution in [1.29, 1.82) is 0 Å². The molecule has 12 rings (SSSR count). The topological polar surface area (TPSA) is 9.86 Å². The molecule has 4 heterocycles. The van der Waals surface area contributed by atoms with Gasteiger partial charge in [0.2, 0.25) is 0 Å². The molecule has 2 aliphatic heterocycles. The summed E-state index contributed by atoms with van der Waals surface area (Å²) in [6, 6.07) is 54.8. The molecule has 2 aliphatic rings. The van der Waals surface area contributed by atoms with Crippen LogP contribution < -0.4 is 10.9 Å². The van der Waals surface area contributed by atoms with Crippen molar-refractivity contribution in [3.63, 3.8) is 0 Å². The Morgan fingerprint density at radius 2 is 0.985 bits per heavy atom. The smallest absolute Gasteiger partial charge is 0.333 e. The second-order valence-corrected chi connectivity index (χ2v) is 23.5. The fourth-order valence-electron chi connectivity index (χ4n) is 11.3. The van der Waals surface area contributed by atoms with Gasteiger partial charge in [-0.3, -0.25) is 0 Å². The van der Waals surface area contributed by atoms with E-state index in [0.29, 0.717) is 0 Å². The monoisotopic (exact) mass is 842 g/mol. The van der Waals surface area contributed by atoms with Gasteiger partial charge in [0.1, 0.15) is 0 Å². The second kappa shape index (κ2) is 13.2. The van der Waals surface area contributed by atoms with Crippen LogP contribution in [0.15, 0.2) is 140 Å². The fraction of sp³-hybridized carbons (Fsp3) is 0.258. The second-order valence-electron chi connectivity index (χ2n) is 23.5. The zero-order valence-corrected chi connectivity index (χ0v) is 40.3. The third-order valence-electron chi connectivity index (χ3n) is 15.0. The highest BCUT2D eigenvalue weighted by Crippen LogP contribution is 2.48. The average molecular weight is 843 g/mol. The number of hydrogen-bond acceptors (Lipinski definition) is 0. The molecule has 0 saturated heterocycles. The van der Waals surface area contributed by atoms with E-state index in [2.05, 4.69) is 232 Å². The van der Waals surface area contributed by atoms with Crippen molar-refractivity contribution in [2.24, 2.45) is 0 Å². The minimum absolute atomic E-state index is 0.0104. The number of rotatable bonds is 2. The summed E-state index contributed by atoms with van der Waals surface area (Å²) in [4.78, 5) is 0. The maximum absolute atomic E-state index is 2.76. The van der Waals surface area contributed by atoms with Crippen LogP contribution in [0.4, 0.5) is 0 Å². The molecule has 10 aromatic rings. The van der Waals surface area contributed by atoms with E-state index in [9.17, 15) is 0 Å². The summed E-state index contributed by atoms with van der Waals surface area (Å²) in [7, 11) is 0. The lowest BCUT2D eigenvalue weighted by atomic mass is 9.45. The Kier molecular flexibility index (Phi) is 8.14. The predicted molar refractivity (Wildman–Crippen MR) is 283 cm³/mol. The van der Waals surface area contributed by atoms with Gasteiger partial charge in [-0.15, -0.1) is 0 Å². The highest BCUT2D eigenvalue weighted by molar-refractivity contribution is 6.90. The zero-order valence-electron chi connectivity index (χ0n) is 40.3. The van der Waals surface area contributed by atoms with E-state index in [1.807, 2.05) is 0 Å². The molecule has 0 aliphatic carbocycles. The summed E-state index contributed by atoms with van der Waals surface area (Å²) in [6.45, 7) is 28.2. The van der Waals surface area contributed by atoms with E-state index in [1.54, 1.807) is 0 Å². The Hall–Kier alpha value is -6.32. The summed E-state index contributed by atoms with van der Waals surface area (Å²) >= 11 is 0. The van der Waals surface area contributed by atoms with Crippen LogP contribution >= 0.6 is 0 Å². The van der Waals surface area contributed by atoms with E-state index in [4.69, 9.17) is 0 Å². The summed E-state index contributed by atoms with van der Waals surface area (Å²) in [5, 5.41) is 7.89. The minimum Gasteiger partial charge on any atom is -0.375 e. The van der Waals surface area contributed by atoms with Crippen LogP contribution in [-0.2, 0) is 21.7 Å². The van der Waals surface area contributed by atoms with Crippen LogP contribution in [0, 0.1) is 0 Å². The van der Waals surface area contributed by atoms with Gasteiger partial charge in [-0.25, -0.2) is 0 Å². The molecule has 65 heavy (non-hydrogen) atoms. The van der Waals surface area contributed by atoms with Crippen LogP contribution in [0.25, 0.3) is 93.5 Å². The first-order valence-electron chi connectivity index (χ1n) is 23.8. The SMILES string of the molecule is CC(C)(C)c1cc(-c2cc3c4c(c2)-n2c5ccc6ccccc6c5c5cc(-c6ccccc6)cc(c52)B4n2c4ccc(C(C)(C)C)cc4c4cc(C(C)(C)C)cc-3c42)cc(C(C)(C)C)c1. The molecule has 3 heteroatoms. The first-order chi connectivity index (χ1) is 30.8. The maximum atomic E-state index is 2.76. The third-order valence-corrected chi connectivity index (χ3v) is 15.0. The molecule has 0 N–H and O–H groups in total. The third kappa shape index (κ3) is 5.86. The number of aromatic nitrogens is 2. The molecule has 0 unspecified atom stereocenters. The highest BCUT2D eigenvalue weighted by atomic mass is 15.0. The van der Waals surface area contributed by atoms with Crippen molar-refractivity contribution in [3.8, 4) is 39.1 Å². The van der Waals surface area contributed by atoms with E-state index in [-0.39, 0.29) is 28.5 Å². The lowest BCUT2D eigenvalue weighted by molar-refractivity contribution is 0.569. The van der Waals surface area contributed by atoms with Gasteiger partial charge in [0.05, 0.1) is 11.0 Å². The van der Waals surface area contributed by atoms with E-state index in [0.717, 1.165) is 0 Å². The molecular weight excluding hydrogens is 784 g/mol. The van der Waals surface area contributed by atoms with Crippen molar-refractivity contribution in [1.82, 2.24) is 9.05 Å². The molecule has 0 spiro atoms. The highest BCUT2D eigenvalue weighted by Gasteiger charge is 2.43. The normalized spacial score (nSPS) is 13.8. The summed E-state index contributed by atoms with van der Waals surface area (Å²) < 4.78 is 5.42. The molecular formula is C62H59BN2. The lowest BCUT2D eigenvalue weighted by Crippen LogP contribution is -2.55. The molecule has 2 aromatic heterocycles. The first-order valence-corrected chi connectivity index (χ1v) is 23.8. The summed E-state index contributed by atoms with van der Waals surface area (Å²) in [6.07, 6.45) is 0. The number of fused-ring (bicyclic) bond motifs is 12. The van der Waals surface area contributed by atoms with E-state index in [1.165, 1.54) is 127 Å². The van der Waals surface area contributed by atoms with Crippen molar-refractivity contribution in [2.45, 2.75) is 105 Å². The van der Waals surface area contributed by atoms with Gasteiger partial charge in [0.25, 0.3) is 0 Å². The van der Waals surface area contributed by atoms with Crippen LogP contribution in [-0.4, -0.2) is 15.9 Å². The minimum atomic E-state index is -0.0566. The molecule has 0 atom stereocenters. The van der Waals surface area contributed by atoms with Crippen molar-refractivity contribution < 1.29 is 0 Å². The van der Waals surface area contributed by atoms with Crippen LogP contribution in [0.2, 0.25) is 0 Å². The Morgan fingerprint density at radius 1 is 0.385 bits per heavy atom. The number of nitrogens with zero attached hydrogens (tertiary/aromatic N) is 2. The van der Waals surface area contributed by atoms with E-state index < -0.39 is 0 Å². The Bertz CT molecular complexity index is 3650. The molecule has 0 fully saturated rings. The Morgan fingerprint density at radius 3 is 1.68 bits per heavy atom. The zero-order chi connectivity index (χ0) is 45.3. The van der Waals surface area contributed by atoms with Crippen LogP contribution in [0.3, 0.4) is 0 Å². The molecule has 0 amide bonds. The van der Waals surface area contributed by atoms with Gasteiger partial charge in [-0.1, -0.05) is 174 Å². The molecule has 0 saturated carbocycles. The van der Waals surface area contributed by atoms with Gasteiger partial charge in [-0.2, -0.15) is 0 Å². The lowest BCUT2D eigenvalue weighted by Gasteiger charge is -2.35. The maximum Gasteiger partial charge on any atom is 0.333 e. The van der Waals surface area contributed by atoms with Crippen molar-refractivity contribution in [3.05, 3.63) is 162 Å². The fourth-order valence-corrected chi connectivity index (χ4v) is 11.3. The molecule has 8 aromatic carbocycles. The summed E-state index contributed by atoms with van der Waals surface area (Å²) in [5.41, 5.74) is 22.4. The average Bonchev–Trinajstić information content (AvgIpc) is 3.78. The van der Waals surface area contributed by atoms with Crippen LogP contribution in [0.5, 0.6) is 0 Å². The van der Waals surface area contributed by atoms with Crippen molar-refractivity contribution >= 4 is 72.2 Å². The van der Waals surface area contributed by atoms with E-state index >= 15 is 0 Å². The standard InChI is InChI=1S/C62H59BN2/c1-59(2,3)41-23-25-52-46(33-41)48-34-44(62(10,11)12)35-49-47-28-40(38-26-42(60(4,5)6)32-43(27-38)61(7,8)9)31-54-56(47)63(65(52)57(48)49)51-30-39(36-18-14-13-15-19-36)29-50-55-45-21-17-16-20-37(45)22-24-53(55)64(54)58(50)51/h13-35H,1-12H3. The quantitative estimate of drug-likeness (QED) is 0.153.